The highest BCUT2D eigenvalue weighted by Crippen LogP contribution is 2.34. The van der Waals surface area contributed by atoms with E-state index in [4.69, 9.17) is 0 Å². The molecule has 1 aliphatic heterocycles. The van der Waals surface area contributed by atoms with Gasteiger partial charge in [0.1, 0.15) is 0 Å². The summed E-state index contributed by atoms with van der Waals surface area (Å²) >= 11 is 3.42. The maximum Gasteiger partial charge on any atom is 0.261 e. The van der Waals surface area contributed by atoms with Crippen molar-refractivity contribution in [3.8, 4) is 0 Å². The van der Waals surface area contributed by atoms with Crippen molar-refractivity contribution < 1.29 is 19.5 Å². The number of benzene rings is 2. The predicted molar refractivity (Wildman–Crippen MR) is 81.3 cm³/mol. The Bertz CT molecular complexity index is 793. The highest BCUT2D eigenvalue weighted by atomic mass is 79.9. The van der Waals surface area contributed by atoms with Gasteiger partial charge >= 0.3 is 0 Å². The van der Waals surface area contributed by atoms with Crippen LogP contribution < -0.4 is 5.11 Å². The maximum atomic E-state index is 12.5. The van der Waals surface area contributed by atoms with Gasteiger partial charge in [-0.25, -0.2) is 0 Å². The van der Waals surface area contributed by atoms with Crippen LogP contribution in [0.1, 0.15) is 33.6 Å². The highest BCUT2D eigenvalue weighted by Gasteiger charge is 2.32. The topological polar surface area (TPSA) is 77.5 Å². The van der Waals surface area contributed by atoms with Gasteiger partial charge in [-0.15, -0.1) is 0 Å². The molecule has 22 heavy (non-hydrogen) atoms. The summed E-state index contributed by atoms with van der Waals surface area (Å²) in [6, 6.07) is 8.74. The van der Waals surface area contributed by atoms with E-state index in [2.05, 4.69) is 15.9 Å². The molecule has 112 valence electrons. The van der Waals surface area contributed by atoms with Crippen LogP contribution in [0.4, 0.5) is 0 Å². The normalized spacial score (nSPS) is 13.8. The molecular weight excluding hydrogens is 350 g/mol. The molecule has 3 rings (SSSR count). The number of hydrogen-bond donors (Lipinski definition) is 0. The first kappa shape index (κ1) is 14.7. The molecule has 1 aliphatic rings. The van der Waals surface area contributed by atoms with Crippen molar-refractivity contribution in [3.63, 3.8) is 0 Å². The molecule has 0 spiro atoms. The number of amides is 2. The molecule has 0 atom stereocenters. The molecule has 0 aliphatic carbocycles. The minimum absolute atomic E-state index is 0.0670. The quantitative estimate of drug-likeness (QED) is 0.777. The lowest BCUT2D eigenvalue weighted by molar-refractivity contribution is -0.305. The zero-order chi connectivity index (χ0) is 15.9. The Kier molecular flexibility index (Phi) is 3.70. The van der Waals surface area contributed by atoms with E-state index < -0.39 is 5.97 Å². The van der Waals surface area contributed by atoms with E-state index in [9.17, 15) is 19.5 Å². The maximum absolute atomic E-state index is 12.5. The molecule has 0 N–H and O–H groups in total. The number of aliphatic carboxylic acids is 1. The van der Waals surface area contributed by atoms with Gasteiger partial charge in [0.25, 0.3) is 11.8 Å². The number of halogens is 1. The largest absolute Gasteiger partial charge is 0.550 e. The smallest absolute Gasteiger partial charge is 0.261 e. The molecule has 0 bridgehead atoms. The van der Waals surface area contributed by atoms with Gasteiger partial charge in [-0.3, -0.25) is 14.5 Å². The summed E-state index contributed by atoms with van der Waals surface area (Å²) in [7, 11) is 0. The van der Waals surface area contributed by atoms with Crippen LogP contribution in [-0.4, -0.2) is 29.2 Å². The summed E-state index contributed by atoms with van der Waals surface area (Å²) in [5.41, 5.74) is 0.920. The average molecular weight is 361 g/mol. The first-order valence-electron chi connectivity index (χ1n) is 6.78. The Labute approximate surface area is 134 Å². The second kappa shape index (κ2) is 5.53. The SMILES string of the molecule is O=C([O-])CCCN1C(=O)c2cccc3c(Br)ccc(c23)C1=O. The van der Waals surface area contributed by atoms with E-state index in [-0.39, 0.29) is 31.2 Å². The molecule has 0 aromatic heterocycles. The number of nitrogens with zero attached hydrogens (tertiary/aromatic N) is 1. The lowest BCUT2D eigenvalue weighted by Gasteiger charge is -2.27. The number of hydrogen-bond acceptors (Lipinski definition) is 4. The average Bonchev–Trinajstić information content (AvgIpc) is 2.49. The zero-order valence-electron chi connectivity index (χ0n) is 11.5. The fourth-order valence-corrected chi connectivity index (χ4v) is 3.16. The van der Waals surface area contributed by atoms with E-state index in [1.165, 1.54) is 0 Å². The molecule has 2 aromatic rings. The van der Waals surface area contributed by atoms with Crippen LogP contribution in [0, 0.1) is 0 Å². The van der Waals surface area contributed by atoms with Crippen molar-refractivity contribution in [1.29, 1.82) is 0 Å². The van der Waals surface area contributed by atoms with Gasteiger partial charge in [0.15, 0.2) is 0 Å². The standard InChI is InChI=1S/C16H12BrNO4/c17-12-7-6-11-14-9(12)3-1-4-10(14)15(21)18(16(11)22)8-2-5-13(19)20/h1,3-4,6-7H,2,5,8H2,(H,19,20)/p-1. The van der Waals surface area contributed by atoms with E-state index in [1.54, 1.807) is 24.3 Å². The first-order chi connectivity index (χ1) is 10.5. The number of carbonyl (C=O) groups excluding carboxylic acids is 3. The van der Waals surface area contributed by atoms with Gasteiger partial charge in [-0.05, 0) is 36.4 Å². The molecule has 0 unspecified atom stereocenters. The summed E-state index contributed by atoms with van der Waals surface area (Å²) in [5, 5.41) is 11.9. The number of imide groups is 1. The van der Waals surface area contributed by atoms with Crippen LogP contribution in [-0.2, 0) is 4.79 Å². The van der Waals surface area contributed by atoms with Gasteiger partial charge in [0, 0.05) is 33.5 Å². The van der Waals surface area contributed by atoms with Crippen LogP contribution in [0.15, 0.2) is 34.8 Å². The Morgan fingerprint density at radius 3 is 2.45 bits per heavy atom. The Morgan fingerprint density at radius 1 is 1.09 bits per heavy atom. The van der Waals surface area contributed by atoms with E-state index in [0.29, 0.717) is 16.5 Å². The number of carbonyl (C=O) groups is 3. The third-order valence-electron chi connectivity index (χ3n) is 3.70. The summed E-state index contributed by atoms with van der Waals surface area (Å²) in [6.07, 6.45) is -0.00386. The van der Waals surface area contributed by atoms with Gasteiger partial charge in [0.05, 0.1) is 0 Å². The number of carboxylic acid groups (broad SMARTS) is 1. The number of carboxylic acids is 1. The predicted octanol–water partition coefficient (Wildman–Crippen LogP) is 1.73. The van der Waals surface area contributed by atoms with Crippen molar-refractivity contribution in [1.82, 2.24) is 4.90 Å². The van der Waals surface area contributed by atoms with Crippen molar-refractivity contribution >= 4 is 44.5 Å². The minimum atomic E-state index is -1.19. The third-order valence-corrected chi connectivity index (χ3v) is 4.39. The fourth-order valence-electron chi connectivity index (χ4n) is 2.70. The van der Waals surface area contributed by atoms with Gasteiger partial charge < -0.3 is 9.90 Å². The van der Waals surface area contributed by atoms with Crippen LogP contribution in [0.5, 0.6) is 0 Å². The van der Waals surface area contributed by atoms with Crippen molar-refractivity contribution in [3.05, 3.63) is 45.9 Å². The van der Waals surface area contributed by atoms with Gasteiger partial charge in [-0.2, -0.15) is 0 Å². The third kappa shape index (κ3) is 2.29. The van der Waals surface area contributed by atoms with Crippen LogP contribution in [0.2, 0.25) is 0 Å². The Balaban J connectivity index is 2.05. The van der Waals surface area contributed by atoms with E-state index >= 15 is 0 Å². The zero-order valence-corrected chi connectivity index (χ0v) is 13.1. The minimum Gasteiger partial charge on any atom is -0.550 e. The molecule has 2 aromatic carbocycles. The highest BCUT2D eigenvalue weighted by molar-refractivity contribution is 9.10. The van der Waals surface area contributed by atoms with E-state index in [0.717, 1.165) is 14.8 Å². The van der Waals surface area contributed by atoms with E-state index in [1.807, 2.05) is 6.07 Å². The van der Waals surface area contributed by atoms with Crippen LogP contribution in [0.3, 0.4) is 0 Å². The van der Waals surface area contributed by atoms with Crippen molar-refractivity contribution in [2.75, 3.05) is 6.54 Å². The molecule has 0 saturated carbocycles. The van der Waals surface area contributed by atoms with Crippen molar-refractivity contribution in [2.24, 2.45) is 0 Å². The second-order valence-electron chi connectivity index (χ2n) is 5.06. The molecule has 0 saturated heterocycles. The fraction of sp³-hybridized carbons (Fsp3) is 0.188. The summed E-state index contributed by atoms with van der Waals surface area (Å²) in [6.45, 7) is 0.0670. The lowest BCUT2D eigenvalue weighted by Crippen LogP contribution is -2.41. The lowest BCUT2D eigenvalue weighted by atomic mass is 9.94. The Hall–Kier alpha value is -2.21. The monoisotopic (exact) mass is 360 g/mol. The summed E-state index contributed by atoms with van der Waals surface area (Å²) < 4.78 is 0.819. The Morgan fingerprint density at radius 2 is 1.77 bits per heavy atom. The molecule has 0 fully saturated rings. The number of rotatable bonds is 4. The van der Waals surface area contributed by atoms with Crippen LogP contribution >= 0.6 is 15.9 Å². The molecule has 1 heterocycles. The van der Waals surface area contributed by atoms with Gasteiger partial charge in [0.2, 0.25) is 0 Å². The molecule has 0 radical (unpaired) electrons. The summed E-state index contributed by atoms with van der Waals surface area (Å²) in [4.78, 5) is 36.6. The van der Waals surface area contributed by atoms with Crippen LogP contribution in [0.25, 0.3) is 10.8 Å². The molecule has 6 heteroatoms. The molecule has 2 amide bonds. The van der Waals surface area contributed by atoms with Gasteiger partial charge in [-0.1, -0.05) is 28.1 Å². The molecule has 5 nitrogen and oxygen atoms in total. The molecular formula is C16H11BrNO4-. The van der Waals surface area contributed by atoms with Crippen molar-refractivity contribution in [2.45, 2.75) is 12.8 Å². The second-order valence-corrected chi connectivity index (χ2v) is 5.91. The first-order valence-corrected chi connectivity index (χ1v) is 7.57. The summed E-state index contributed by atoms with van der Waals surface area (Å²) in [5.74, 6) is -1.97.